The van der Waals surface area contributed by atoms with Gasteiger partial charge in [-0.1, -0.05) is 6.92 Å². The summed E-state index contributed by atoms with van der Waals surface area (Å²) < 4.78 is 14.9. The van der Waals surface area contributed by atoms with Crippen LogP contribution in [0.3, 0.4) is 0 Å². The molecular weight excluding hydrogens is 355 g/mol. The smallest absolute Gasteiger partial charge is 0.272 e. The number of rotatable bonds is 3. The topological polar surface area (TPSA) is 66.7 Å². The van der Waals surface area contributed by atoms with Crippen LogP contribution >= 0.6 is 11.3 Å². The Bertz CT molecular complexity index is 979. The molecule has 0 aliphatic carbocycles. The first-order valence-electron chi connectivity index (χ1n) is 8.39. The Morgan fingerprint density at radius 1 is 1.38 bits per heavy atom. The van der Waals surface area contributed by atoms with E-state index in [1.807, 2.05) is 6.92 Å². The Morgan fingerprint density at radius 3 is 2.88 bits per heavy atom. The molecule has 4 rings (SSSR count). The van der Waals surface area contributed by atoms with Gasteiger partial charge in [0.15, 0.2) is 4.96 Å². The molecule has 134 valence electrons. The second-order valence-electron chi connectivity index (χ2n) is 6.12. The van der Waals surface area contributed by atoms with Crippen molar-refractivity contribution in [3.05, 3.63) is 47.4 Å². The first-order chi connectivity index (χ1) is 12.6. The lowest BCUT2D eigenvalue weighted by atomic mass is 10.1. The van der Waals surface area contributed by atoms with Crippen LogP contribution in [0, 0.1) is 5.82 Å². The van der Waals surface area contributed by atoms with E-state index in [0.29, 0.717) is 35.9 Å². The molecule has 8 heteroatoms. The van der Waals surface area contributed by atoms with Crippen molar-refractivity contribution in [1.29, 1.82) is 0 Å². The molecule has 1 unspecified atom stereocenters. The van der Waals surface area contributed by atoms with Gasteiger partial charge in [0.05, 0.1) is 5.69 Å². The highest BCUT2D eigenvalue weighted by atomic mass is 32.1. The van der Waals surface area contributed by atoms with Gasteiger partial charge in [0.1, 0.15) is 17.6 Å². The summed E-state index contributed by atoms with van der Waals surface area (Å²) in [7, 11) is 0. The van der Waals surface area contributed by atoms with E-state index in [-0.39, 0.29) is 17.6 Å². The molecule has 1 aliphatic rings. The third kappa shape index (κ3) is 2.76. The molecule has 1 atom stereocenters. The molecule has 1 aromatic carbocycles. The second kappa shape index (κ2) is 6.53. The monoisotopic (exact) mass is 372 g/mol. The summed E-state index contributed by atoms with van der Waals surface area (Å²) in [6.45, 7) is 2.84. The van der Waals surface area contributed by atoms with E-state index in [2.05, 4.69) is 10.3 Å². The van der Waals surface area contributed by atoms with E-state index in [9.17, 15) is 14.0 Å². The van der Waals surface area contributed by atoms with Crippen LogP contribution in [-0.4, -0.2) is 45.2 Å². The highest BCUT2D eigenvalue weighted by molar-refractivity contribution is 7.15. The largest absolute Gasteiger partial charge is 0.353 e. The minimum Gasteiger partial charge on any atom is -0.353 e. The molecule has 0 radical (unpaired) electrons. The Morgan fingerprint density at radius 2 is 2.15 bits per heavy atom. The van der Waals surface area contributed by atoms with Crippen molar-refractivity contribution in [3.63, 3.8) is 0 Å². The average molecular weight is 372 g/mol. The quantitative estimate of drug-likeness (QED) is 0.768. The number of carbonyl (C=O) groups excluding carboxylic acids is 2. The summed E-state index contributed by atoms with van der Waals surface area (Å²) in [6, 6.07) is 5.63. The van der Waals surface area contributed by atoms with Crippen molar-refractivity contribution in [2.45, 2.75) is 19.4 Å². The van der Waals surface area contributed by atoms with Crippen LogP contribution in [0.5, 0.6) is 0 Å². The van der Waals surface area contributed by atoms with Crippen LogP contribution in [0.2, 0.25) is 0 Å². The van der Waals surface area contributed by atoms with Gasteiger partial charge < -0.3 is 10.2 Å². The molecule has 26 heavy (non-hydrogen) atoms. The van der Waals surface area contributed by atoms with E-state index in [4.69, 9.17) is 0 Å². The molecule has 1 N–H and O–H groups in total. The molecule has 0 saturated carbocycles. The highest BCUT2D eigenvalue weighted by Crippen LogP contribution is 2.25. The van der Waals surface area contributed by atoms with E-state index >= 15 is 0 Å². The van der Waals surface area contributed by atoms with Crippen molar-refractivity contribution in [1.82, 2.24) is 19.6 Å². The maximum absolute atomic E-state index is 13.1. The zero-order valence-corrected chi connectivity index (χ0v) is 14.9. The number of carbonyl (C=O) groups is 2. The maximum Gasteiger partial charge on any atom is 0.272 e. The van der Waals surface area contributed by atoms with Gasteiger partial charge in [0.25, 0.3) is 5.91 Å². The minimum atomic E-state index is -0.453. The van der Waals surface area contributed by atoms with Crippen LogP contribution in [0.15, 0.2) is 35.8 Å². The van der Waals surface area contributed by atoms with Gasteiger partial charge in [-0.3, -0.25) is 14.0 Å². The van der Waals surface area contributed by atoms with Crippen LogP contribution in [0.1, 0.15) is 23.8 Å². The van der Waals surface area contributed by atoms with Crippen molar-refractivity contribution in [3.8, 4) is 11.3 Å². The van der Waals surface area contributed by atoms with Gasteiger partial charge in [-0.15, -0.1) is 11.3 Å². The number of thiazole rings is 1. The van der Waals surface area contributed by atoms with Crippen LogP contribution in [-0.2, 0) is 4.79 Å². The fraction of sp³-hybridized carbons (Fsp3) is 0.278. The molecule has 0 bridgehead atoms. The number of imidazole rings is 1. The van der Waals surface area contributed by atoms with E-state index in [0.717, 1.165) is 5.56 Å². The number of hydrogen-bond donors (Lipinski definition) is 1. The molecule has 1 aliphatic heterocycles. The summed E-state index contributed by atoms with van der Waals surface area (Å²) in [5.74, 6) is -0.600. The number of benzene rings is 1. The molecule has 1 fully saturated rings. The standard InChI is InChI=1S/C18H17FN4O2S/c1-2-14-16(24)20-7-8-22(14)17(25)15-10-26-18-21-13(9-23(15)18)11-3-5-12(19)6-4-11/h3-6,9-10,14H,2,7-8H2,1H3,(H,20,24). The third-order valence-electron chi connectivity index (χ3n) is 4.55. The number of piperazine rings is 1. The lowest BCUT2D eigenvalue weighted by Crippen LogP contribution is -2.57. The summed E-state index contributed by atoms with van der Waals surface area (Å²) in [6.07, 6.45) is 2.34. The lowest BCUT2D eigenvalue weighted by molar-refractivity contribution is -0.127. The van der Waals surface area contributed by atoms with Gasteiger partial charge in [0.2, 0.25) is 5.91 Å². The first-order valence-corrected chi connectivity index (χ1v) is 9.27. The molecule has 2 aromatic heterocycles. The zero-order valence-electron chi connectivity index (χ0n) is 14.1. The van der Waals surface area contributed by atoms with Crippen LogP contribution in [0.25, 0.3) is 16.2 Å². The summed E-state index contributed by atoms with van der Waals surface area (Å²) >= 11 is 1.36. The lowest BCUT2D eigenvalue weighted by Gasteiger charge is -2.34. The molecule has 2 amide bonds. The first kappa shape index (κ1) is 16.7. The fourth-order valence-electron chi connectivity index (χ4n) is 3.21. The third-order valence-corrected chi connectivity index (χ3v) is 5.39. The normalized spacial score (nSPS) is 17.5. The van der Waals surface area contributed by atoms with Crippen molar-refractivity contribution >= 4 is 28.1 Å². The minimum absolute atomic E-state index is 0.115. The predicted octanol–water partition coefficient (Wildman–Crippen LogP) is 2.55. The number of halogens is 1. The van der Waals surface area contributed by atoms with Crippen molar-refractivity contribution < 1.29 is 14.0 Å². The average Bonchev–Trinajstić information content (AvgIpc) is 3.22. The Kier molecular flexibility index (Phi) is 4.20. The number of fused-ring (bicyclic) bond motifs is 1. The van der Waals surface area contributed by atoms with Crippen LogP contribution in [0.4, 0.5) is 4.39 Å². The SMILES string of the molecule is CCC1C(=O)NCCN1C(=O)c1csc2nc(-c3ccc(F)cc3)cn12. The summed E-state index contributed by atoms with van der Waals surface area (Å²) in [5.41, 5.74) is 1.94. The Labute approximate surface area is 153 Å². The number of amides is 2. The zero-order chi connectivity index (χ0) is 18.3. The molecule has 6 nitrogen and oxygen atoms in total. The highest BCUT2D eigenvalue weighted by Gasteiger charge is 2.33. The predicted molar refractivity (Wildman–Crippen MR) is 96.6 cm³/mol. The van der Waals surface area contributed by atoms with E-state index in [1.165, 1.54) is 23.5 Å². The van der Waals surface area contributed by atoms with Crippen molar-refractivity contribution in [2.75, 3.05) is 13.1 Å². The molecule has 3 heterocycles. The van der Waals surface area contributed by atoms with Gasteiger partial charge in [-0.25, -0.2) is 9.37 Å². The molecule has 3 aromatic rings. The molecule has 0 spiro atoms. The van der Waals surface area contributed by atoms with E-state index < -0.39 is 6.04 Å². The number of nitrogens with zero attached hydrogens (tertiary/aromatic N) is 3. The number of aromatic nitrogens is 2. The Hall–Kier alpha value is -2.74. The number of nitrogens with one attached hydrogen (secondary N) is 1. The molecule has 1 saturated heterocycles. The second-order valence-corrected chi connectivity index (χ2v) is 6.96. The summed E-state index contributed by atoms with van der Waals surface area (Å²) in [4.78, 5) is 31.9. The van der Waals surface area contributed by atoms with E-state index in [1.54, 1.807) is 33.0 Å². The van der Waals surface area contributed by atoms with Crippen LogP contribution < -0.4 is 5.32 Å². The van der Waals surface area contributed by atoms with Crippen molar-refractivity contribution in [2.24, 2.45) is 0 Å². The Balaban J connectivity index is 1.69. The summed E-state index contributed by atoms with van der Waals surface area (Å²) in [5, 5.41) is 4.56. The fourth-order valence-corrected chi connectivity index (χ4v) is 4.06. The number of hydrogen-bond acceptors (Lipinski definition) is 4. The van der Waals surface area contributed by atoms with Gasteiger partial charge >= 0.3 is 0 Å². The van der Waals surface area contributed by atoms with Gasteiger partial charge in [-0.2, -0.15) is 0 Å². The van der Waals surface area contributed by atoms with Gasteiger partial charge in [-0.05, 0) is 30.7 Å². The van der Waals surface area contributed by atoms with Gasteiger partial charge in [0, 0.05) is 30.2 Å². The molecular formula is C18H17FN4O2S. The maximum atomic E-state index is 13.1.